The lowest BCUT2D eigenvalue weighted by Crippen LogP contribution is -2.04. The van der Waals surface area contributed by atoms with Crippen molar-refractivity contribution in [1.82, 2.24) is 19.9 Å². The average molecular weight is 408 g/mol. The van der Waals surface area contributed by atoms with Crippen LogP contribution in [0.3, 0.4) is 0 Å². The summed E-state index contributed by atoms with van der Waals surface area (Å²) in [5.41, 5.74) is 10.3. The monoisotopic (exact) mass is 408 g/mol. The fourth-order valence-corrected chi connectivity index (χ4v) is 3.16. The molecule has 0 aliphatic carbocycles. The SMILES string of the molecule is Cc1nc(Oc2cc(C#N)ccc2-c2ccc(CCN)nc2)cc(-c2cccnc2)n1. The molecule has 0 saturated heterocycles. The zero-order valence-electron chi connectivity index (χ0n) is 17.0. The summed E-state index contributed by atoms with van der Waals surface area (Å²) in [4.78, 5) is 17.5. The van der Waals surface area contributed by atoms with Crippen LogP contribution in [0.5, 0.6) is 11.6 Å². The molecule has 0 fully saturated rings. The number of hydrogen-bond donors (Lipinski definition) is 1. The molecule has 1 aromatic carbocycles. The first kappa shape index (κ1) is 20.1. The molecule has 0 radical (unpaired) electrons. The lowest BCUT2D eigenvalue weighted by molar-refractivity contribution is 0.461. The molecule has 31 heavy (non-hydrogen) atoms. The van der Waals surface area contributed by atoms with Crippen LogP contribution < -0.4 is 10.5 Å². The number of nitrogens with zero attached hydrogens (tertiary/aromatic N) is 5. The maximum Gasteiger partial charge on any atom is 0.223 e. The molecule has 3 aromatic heterocycles. The van der Waals surface area contributed by atoms with Gasteiger partial charge in [-0.1, -0.05) is 6.07 Å². The van der Waals surface area contributed by atoms with Crippen molar-refractivity contribution in [1.29, 1.82) is 5.26 Å². The van der Waals surface area contributed by atoms with Gasteiger partial charge in [0.2, 0.25) is 5.88 Å². The normalized spacial score (nSPS) is 10.5. The molecule has 0 aliphatic rings. The van der Waals surface area contributed by atoms with Crippen molar-refractivity contribution in [3.05, 3.63) is 84.2 Å². The molecule has 2 N–H and O–H groups in total. The molecule has 4 aromatic rings. The van der Waals surface area contributed by atoms with E-state index in [1.54, 1.807) is 43.7 Å². The smallest absolute Gasteiger partial charge is 0.223 e. The highest BCUT2D eigenvalue weighted by Gasteiger charge is 2.13. The number of benzene rings is 1. The van der Waals surface area contributed by atoms with Crippen molar-refractivity contribution in [3.63, 3.8) is 0 Å². The number of aromatic nitrogens is 4. The first-order valence-electron chi connectivity index (χ1n) is 9.80. The Bertz CT molecular complexity index is 1230. The molecular formula is C24H20N6O. The summed E-state index contributed by atoms with van der Waals surface area (Å²) in [6.45, 7) is 2.35. The summed E-state index contributed by atoms with van der Waals surface area (Å²) >= 11 is 0. The van der Waals surface area contributed by atoms with Gasteiger partial charge in [-0.3, -0.25) is 9.97 Å². The average Bonchev–Trinajstić information content (AvgIpc) is 2.80. The largest absolute Gasteiger partial charge is 0.438 e. The molecule has 152 valence electrons. The Balaban J connectivity index is 1.73. The van der Waals surface area contributed by atoms with Gasteiger partial charge in [0, 0.05) is 53.5 Å². The van der Waals surface area contributed by atoms with Gasteiger partial charge in [0.1, 0.15) is 11.6 Å². The number of nitrogens with two attached hydrogens (primary N) is 1. The molecular weight excluding hydrogens is 388 g/mol. The van der Waals surface area contributed by atoms with Gasteiger partial charge in [-0.05, 0) is 49.9 Å². The van der Waals surface area contributed by atoms with Gasteiger partial charge in [-0.15, -0.1) is 0 Å². The summed E-state index contributed by atoms with van der Waals surface area (Å²) in [5, 5.41) is 9.36. The summed E-state index contributed by atoms with van der Waals surface area (Å²) in [7, 11) is 0. The van der Waals surface area contributed by atoms with E-state index in [2.05, 4.69) is 26.0 Å². The molecule has 7 nitrogen and oxygen atoms in total. The Kier molecular flexibility index (Phi) is 5.92. The predicted molar refractivity (Wildman–Crippen MR) is 117 cm³/mol. The Morgan fingerprint density at radius 1 is 1.03 bits per heavy atom. The standard InChI is InChI=1S/C24H20N6O/c1-16-29-22(19-3-2-10-27-14-19)12-24(30-16)31-23-11-17(13-26)4-7-21(23)18-5-6-20(8-9-25)28-15-18/h2-7,10-12,14-15H,8-9,25H2,1H3. The van der Waals surface area contributed by atoms with Gasteiger partial charge in [0.25, 0.3) is 0 Å². The van der Waals surface area contributed by atoms with Crippen molar-refractivity contribution in [2.45, 2.75) is 13.3 Å². The number of aryl methyl sites for hydroxylation is 1. The minimum absolute atomic E-state index is 0.385. The van der Waals surface area contributed by atoms with E-state index in [0.717, 1.165) is 22.4 Å². The Hall–Kier alpha value is -4.15. The lowest BCUT2D eigenvalue weighted by atomic mass is 10.0. The van der Waals surface area contributed by atoms with Crippen LogP contribution in [-0.4, -0.2) is 26.5 Å². The minimum Gasteiger partial charge on any atom is -0.438 e. The van der Waals surface area contributed by atoms with Gasteiger partial charge in [-0.2, -0.15) is 10.2 Å². The molecule has 0 saturated carbocycles. The zero-order chi connectivity index (χ0) is 21.6. The number of rotatable bonds is 6. The van der Waals surface area contributed by atoms with Crippen LogP contribution in [0.4, 0.5) is 0 Å². The molecule has 0 atom stereocenters. The van der Waals surface area contributed by atoms with Crippen molar-refractivity contribution >= 4 is 0 Å². The molecule has 0 amide bonds. The second-order valence-corrected chi connectivity index (χ2v) is 6.88. The topological polar surface area (TPSA) is 111 Å². The highest BCUT2D eigenvalue weighted by molar-refractivity contribution is 5.71. The van der Waals surface area contributed by atoms with Crippen molar-refractivity contribution in [3.8, 4) is 40.1 Å². The Morgan fingerprint density at radius 3 is 2.65 bits per heavy atom. The first-order chi connectivity index (χ1) is 15.2. The van der Waals surface area contributed by atoms with E-state index >= 15 is 0 Å². The third-order valence-corrected chi connectivity index (χ3v) is 4.63. The van der Waals surface area contributed by atoms with E-state index < -0.39 is 0 Å². The van der Waals surface area contributed by atoms with Crippen LogP contribution in [-0.2, 0) is 6.42 Å². The molecule has 4 rings (SSSR count). The zero-order valence-corrected chi connectivity index (χ0v) is 17.0. The second kappa shape index (κ2) is 9.11. The van der Waals surface area contributed by atoms with E-state index in [9.17, 15) is 5.26 Å². The molecule has 3 heterocycles. The Labute approximate surface area is 180 Å². The van der Waals surface area contributed by atoms with Crippen LogP contribution in [0, 0.1) is 18.3 Å². The van der Waals surface area contributed by atoms with Gasteiger partial charge in [0.15, 0.2) is 0 Å². The van der Waals surface area contributed by atoms with Crippen LogP contribution >= 0.6 is 0 Å². The first-order valence-corrected chi connectivity index (χ1v) is 9.80. The minimum atomic E-state index is 0.385. The van der Waals surface area contributed by atoms with Gasteiger partial charge < -0.3 is 10.5 Å². The Morgan fingerprint density at radius 2 is 1.94 bits per heavy atom. The predicted octanol–water partition coefficient (Wildman–Crippen LogP) is 4.07. The molecule has 0 unspecified atom stereocenters. The highest BCUT2D eigenvalue weighted by atomic mass is 16.5. The summed E-state index contributed by atoms with van der Waals surface area (Å²) in [5.74, 6) is 1.47. The molecule has 0 bridgehead atoms. The van der Waals surface area contributed by atoms with E-state index in [-0.39, 0.29) is 0 Å². The summed E-state index contributed by atoms with van der Waals surface area (Å²) < 4.78 is 6.16. The number of ether oxygens (including phenoxy) is 1. The third-order valence-electron chi connectivity index (χ3n) is 4.63. The summed E-state index contributed by atoms with van der Waals surface area (Å²) in [6.07, 6.45) is 5.95. The van der Waals surface area contributed by atoms with E-state index in [0.29, 0.717) is 41.7 Å². The maximum atomic E-state index is 9.36. The van der Waals surface area contributed by atoms with E-state index in [1.165, 1.54) is 0 Å². The molecule has 0 aliphatic heterocycles. The van der Waals surface area contributed by atoms with E-state index in [1.807, 2.05) is 30.3 Å². The number of hydrogen-bond acceptors (Lipinski definition) is 7. The third kappa shape index (κ3) is 4.71. The van der Waals surface area contributed by atoms with Crippen molar-refractivity contribution < 1.29 is 4.74 Å². The van der Waals surface area contributed by atoms with Crippen LogP contribution in [0.15, 0.2) is 67.1 Å². The van der Waals surface area contributed by atoms with Gasteiger partial charge >= 0.3 is 0 Å². The van der Waals surface area contributed by atoms with Crippen molar-refractivity contribution in [2.75, 3.05) is 6.54 Å². The van der Waals surface area contributed by atoms with Crippen LogP contribution in [0.2, 0.25) is 0 Å². The lowest BCUT2D eigenvalue weighted by Gasteiger charge is -2.13. The fourth-order valence-electron chi connectivity index (χ4n) is 3.16. The van der Waals surface area contributed by atoms with Gasteiger partial charge in [-0.25, -0.2) is 4.98 Å². The quantitative estimate of drug-likeness (QED) is 0.512. The fraction of sp³-hybridized carbons (Fsp3) is 0.125. The van der Waals surface area contributed by atoms with Crippen LogP contribution in [0.25, 0.3) is 22.4 Å². The van der Waals surface area contributed by atoms with Crippen molar-refractivity contribution in [2.24, 2.45) is 5.73 Å². The highest BCUT2D eigenvalue weighted by Crippen LogP contribution is 2.34. The molecule has 0 spiro atoms. The number of pyridine rings is 2. The summed E-state index contributed by atoms with van der Waals surface area (Å²) in [6, 6.07) is 16.9. The maximum absolute atomic E-state index is 9.36. The van der Waals surface area contributed by atoms with E-state index in [4.69, 9.17) is 10.5 Å². The second-order valence-electron chi connectivity index (χ2n) is 6.88. The number of nitriles is 1. The molecule has 7 heteroatoms. The van der Waals surface area contributed by atoms with Gasteiger partial charge in [0.05, 0.1) is 17.3 Å². The van der Waals surface area contributed by atoms with Crippen LogP contribution in [0.1, 0.15) is 17.1 Å².